The van der Waals surface area contributed by atoms with E-state index in [1.54, 1.807) is 35.1 Å². The Kier molecular flexibility index (Phi) is 4.03. The van der Waals surface area contributed by atoms with Crippen molar-refractivity contribution in [2.75, 3.05) is 0 Å². The third kappa shape index (κ3) is 2.85. The van der Waals surface area contributed by atoms with Gasteiger partial charge in [0, 0.05) is 58.4 Å². The molecule has 0 bridgehead atoms. The Morgan fingerprint density at radius 1 is 0.767 bits per heavy atom. The van der Waals surface area contributed by atoms with Crippen molar-refractivity contribution in [1.82, 2.24) is 29.1 Å². The van der Waals surface area contributed by atoms with Crippen LogP contribution in [0.4, 0.5) is 0 Å². The first-order valence-corrected chi connectivity index (χ1v) is 11.0. The summed E-state index contributed by atoms with van der Waals surface area (Å²) in [6, 6.07) is 14.4. The van der Waals surface area contributed by atoms with Crippen LogP contribution in [0.15, 0.2) is 84.2 Å². The van der Waals surface area contributed by atoms with Gasteiger partial charge in [-0.25, -0.2) is 19.9 Å². The Bertz CT molecular complexity index is 1430. The van der Waals surface area contributed by atoms with E-state index in [1.807, 2.05) is 40.0 Å². The summed E-state index contributed by atoms with van der Waals surface area (Å²) in [7, 11) is 0. The van der Waals surface area contributed by atoms with E-state index in [0.29, 0.717) is 0 Å². The van der Waals surface area contributed by atoms with Crippen molar-refractivity contribution in [3.8, 4) is 32.9 Å². The van der Waals surface area contributed by atoms with Crippen molar-refractivity contribution in [3.63, 3.8) is 0 Å². The van der Waals surface area contributed by atoms with E-state index >= 15 is 0 Å². The van der Waals surface area contributed by atoms with Gasteiger partial charge >= 0.3 is 0 Å². The fourth-order valence-electron chi connectivity index (χ4n) is 3.46. The molecule has 30 heavy (non-hydrogen) atoms. The molecular formula is C22H14N6S2. The summed E-state index contributed by atoms with van der Waals surface area (Å²) in [6.07, 6.45) is 9.47. The summed E-state index contributed by atoms with van der Waals surface area (Å²) in [5.74, 6) is 0.845. The van der Waals surface area contributed by atoms with Crippen LogP contribution in [0.5, 0.6) is 0 Å². The Balaban J connectivity index is 1.45. The zero-order chi connectivity index (χ0) is 19.9. The van der Waals surface area contributed by atoms with Crippen molar-refractivity contribution in [2.45, 2.75) is 0 Å². The highest BCUT2D eigenvalue weighted by Gasteiger charge is 2.16. The van der Waals surface area contributed by atoms with Crippen LogP contribution in [0.25, 0.3) is 43.9 Å². The smallest absolute Gasteiger partial charge is 0.195 e. The molecule has 0 unspecified atom stereocenters. The maximum atomic E-state index is 4.88. The minimum atomic E-state index is 0.845. The molecule has 0 aliphatic heterocycles. The molecule has 8 heteroatoms. The van der Waals surface area contributed by atoms with Crippen LogP contribution in [-0.4, -0.2) is 29.1 Å². The van der Waals surface area contributed by atoms with Crippen molar-refractivity contribution in [3.05, 3.63) is 84.2 Å². The number of hydrogen-bond donors (Lipinski definition) is 0. The first kappa shape index (κ1) is 17.3. The Labute approximate surface area is 179 Å². The lowest BCUT2D eigenvalue weighted by atomic mass is 10.2. The number of hydrogen-bond acceptors (Lipinski definition) is 6. The molecule has 0 atom stereocenters. The highest BCUT2D eigenvalue weighted by Crippen LogP contribution is 2.30. The normalized spacial score (nSPS) is 11.3. The maximum absolute atomic E-state index is 4.88. The molecule has 0 saturated heterocycles. The van der Waals surface area contributed by atoms with E-state index in [1.165, 1.54) is 0 Å². The van der Waals surface area contributed by atoms with Crippen molar-refractivity contribution in [1.29, 1.82) is 0 Å². The van der Waals surface area contributed by atoms with Crippen LogP contribution in [0.3, 0.4) is 0 Å². The van der Waals surface area contributed by atoms with Gasteiger partial charge in [-0.05, 0) is 42.5 Å². The molecule has 0 amide bonds. The van der Waals surface area contributed by atoms with Gasteiger partial charge in [0.15, 0.2) is 5.13 Å². The summed E-state index contributed by atoms with van der Waals surface area (Å²) < 4.78 is 4.12. The van der Waals surface area contributed by atoms with Crippen LogP contribution < -0.4 is 0 Å². The summed E-state index contributed by atoms with van der Waals surface area (Å²) in [6.45, 7) is 0. The van der Waals surface area contributed by atoms with Gasteiger partial charge in [0.2, 0.25) is 0 Å². The molecule has 6 nitrogen and oxygen atoms in total. The molecule has 144 valence electrons. The molecule has 0 aliphatic carbocycles. The van der Waals surface area contributed by atoms with Crippen LogP contribution in [0.2, 0.25) is 0 Å². The van der Waals surface area contributed by atoms with E-state index in [-0.39, 0.29) is 0 Å². The highest BCUT2D eigenvalue weighted by molar-refractivity contribution is 7.13. The van der Waals surface area contributed by atoms with E-state index in [9.17, 15) is 0 Å². The van der Waals surface area contributed by atoms with E-state index in [2.05, 4.69) is 55.9 Å². The number of thiazole rings is 2. The lowest BCUT2D eigenvalue weighted by Crippen LogP contribution is -1.97. The Morgan fingerprint density at radius 3 is 2.43 bits per heavy atom. The summed E-state index contributed by atoms with van der Waals surface area (Å²) in [5.41, 5.74) is 3.86. The minimum absolute atomic E-state index is 0.845. The first-order chi connectivity index (χ1) is 14.9. The summed E-state index contributed by atoms with van der Waals surface area (Å²) in [5, 5.41) is 6.82. The number of imidazole rings is 1. The van der Waals surface area contributed by atoms with Crippen molar-refractivity contribution in [2.24, 2.45) is 0 Å². The molecule has 0 saturated carbocycles. The Morgan fingerprint density at radius 2 is 1.63 bits per heavy atom. The van der Waals surface area contributed by atoms with Gasteiger partial charge in [-0.2, -0.15) is 0 Å². The van der Waals surface area contributed by atoms with E-state index < -0.39 is 0 Å². The largest absolute Gasteiger partial charge is 0.301 e. The van der Waals surface area contributed by atoms with Crippen molar-refractivity contribution < 1.29 is 0 Å². The molecule has 6 aromatic rings. The molecule has 1 aromatic carbocycles. The fourth-order valence-corrected chi connectivity index (χ4v) is 4.67. The van der Waals surface area contributed by atoms with Crippen molar-refractivity contribution >= 4 is 33.7 Å². The van der Waals surface area contributed by atoms with Gasteiger partial charge in [0.05, 0.1) is 0 Å². The second-order valence-electron chi connectivity index (χ2n) is 6.62. The Hall–Kier alpha value is -3.62. The van der Waals surface area contributed by atoms with Gasteiger partial charge in [-0.15, -0.1) is 22.7 Å². The van der Waals surface area contributed by atoms with Crippen LogP contribution in [0.1, 0.15) is 0 Å². The zero-order valence-electron chi connectivity index (χ0n) is 15.6. The molecule has 0 spiro atoms. The topological polar surface area (TPSA) is 61.4 Å². The van der Waals surface area contributed by atoms with Gasteiger partial charge in [-0.1, -0.05) is 0 Å². The SMILES string of the molecule is c1cnc2c(c1)ccn2-c1ccc(-c2nc(-c3nccs3)cn2-c2nccs2)cc1. The second-order valence-corrected chi connectivity index (χ2v) is 8.39. The molecule has 5 heterocycles. The average molecular weight is 427 g/mol. The number of fused-ring (bicyclic) bond motifs is 1. The zero-order valence-corrected chi connectivity index (χ0v) is 17.2. The fraction of sp³-hybridized carbons (Fsp3) is 0. The number of rotatable bonds is 4. The van der Waals surface area contributed by atoms with Crippen LogP contribution in [-0.2, 0) is 0 Å². The summed E-state index contributed by atoms with van der Waals surface area (Å²) in [4.78, 5) is 18.3. The molecule has 0 N–H and O–H groups in total. The third-order valence-corrected chi connectivity index (χ3v) is 6.40. The molecular weight excluding hydrogens is 412 g/mol. The molecule has 6 rings (SSSR count). The standard InChI is InChI=1S/C22H14N6S2/c1-2-15-7-11-27(19(15)23-8-1)17-5-3-16(4-6-17)20-26-18(21-24-9-12-29-21)14-28(20)22-25-10-13-30-22/h1-14H. The monoisotopic (exact) mass is 426 g/mol. The maximum Gasteiger partial charge on any atom is 0.195 e. The molecule has 5 aromatic heterocycles. The summed E-state index contributed by atoms with van der Waals surface area (Å²) >= 11 is 3.16. The first-order valence-electron chi connectivity index (χ1n) is 9.29. The number of aromatic nitrogens is 6. The lowest BCUT2D eigenvalue weighted by Gasteiger charge is -2.07. The predicted molar refractivity (Wildman–Crippen MR) is 120 cm³/mol. The van der Waals surface area contributed by atoms with E-state index in [4.69, 9.17) is 4.98 Å². The van der Waals surface area contributed by atoms with Crippen LogP contribution in [0, 0.1) is 0 Å². The number of pyridine rings is 1. The van der Waals surface area contributed by atoms with Gasteiger partial charge in [-0.3, -0.25) is 4.57 Å². The molecule has 0 radical (unpaired) electrons. The lowest BCUT2D eigenvalue weighted by molar-refractivity contribution is 1.04. The van der Waals surface area contributed by atoms with E-state index in [0.717, 1.165) is 43.9 Å². The quantitative estimate of drug-likeness (QED) is 0.376. The molecule has 0 aliphatic rings. The highest BCUT2D eigenvalue weighted by atomic mass is 32.1. The van der Waals surface area contributed by atoms with Gasteiger partial charge in [0.1, 0.15) is 22.2 Å². The van der Waals surface area contributed by atoms with Crippen LogP contribution >= 0.6 is 22.7 Å². The van der Waals surface area contributed by atoms with Gasteiger partial charge < -0.3 is 4.57 Å². The third-order valence-electron chi connectivity index (χ3n) is 4.83. The minimum Gasteiger partial charge on any atom is -0.301 e. The predicted octanol–water partition coefficient (Wildman–Crippen LogP) is 5.46. The molecule has 0 fully saturated rings. The number of nitrogens with zero attached hydrogens (tertiary/aromatic N) is 6. The average Bonchev–Trinajstić information content (AvgIpc) is 3.59. The van der Waals surface area contributed by atoms with Gasteiger partial charge in [0.25, 0.3) is 0 Å². The second kappa shape index (κ2) is 7.01. The number of benzene rings is 1.